The summed E-state index contributed by atoms with van der Waals surface area (Å²) in [6, 6.07) is 17.9. The fourth-order valence-corrected chi connectivity index (χ4v) is 3.15. The summed E-state index contributed by atoms with van der Waals surface area (Å²) >= 11 is 5.73. The van der Waals surface area contributed by atoms with Crippen LogP contribution in [0.15, 0.2) is 54.9 Å². The molecule has 8 heteroatoms. The van der Waals surface area contributed by atoms with Crippen LogP contribution in [0.3, 0.4) is 0 Å². The molecule has 0 aliphatic heterocycles. The van der Waals surface area contributed by atoms with Crippen molar-refractivity contribution in [3.63, 3.8) is 0 Å². The summed E-state index contributed by atoms with van der Waals surface area (Å²) in [4.78, 5) is 6.09. The second kappa shape index (κ2) is 9.56. The Bertz CT molecular complexity index is 1020. The Hall–Kier alpha value is -3.33. The third-order valence-electron chi connectivity index (χ3n) is 4.21. The average molecular weight is 389 g/mol. The third-order valence-corrected chi connectivity index (χ3v) is 4.60. The molecule has 0 saturated carbocycles. The minimum absolute atomic E-state index is 0.384. The van der Waals surface area contributed by atoms with E-state index in [1.54, 1.807) is 17.1 Å². The first-order valence-corrected chi connectivity index (χ1v) is 9.27. The van der Waals surface area contributed by atoms with Crippen molar-refractivity contribution in [2.45, 2.75) is 19.5 Å². The number of pyridine rings is 1. The van der Waals surface area contributed by atoms with Gasteiger partial charge in [0.2, 0.25) is 4.77 Å². The van der Waals surface area contributed by atoms with Crippen molar-refractivity contribution in [3.05, 3.63) is 59.6 Å². The smallest absolute Gasteiger partial charge is 0.204 e. The van der Waals surface area contributed by atoms with E-state index in [-0.39, 0.29) is 0 Å². The Kier molecular flexibility index (Phi) is 6.64. The Morgan fingerprint density at radius 3 is 2.21 bits per heavy atom. The maximum Gasteiger partial charge on any atom is 0.204 e. The molecule has 2 heterocycles. The predicted molar refractivity (Wildman–Crippen MR) is 108 cm³/mol. The first-order valence-electron chi connectivity index (χ1n) is 8.86. The van der Waals surface area contributed by atoms with Crippen LogP contribution >= 0.6 is 12.2 Å². The van der Waals surface area contributed by atoms with Crippen LogP contribution < -0.4 is 0 Å². The summed E-state index contributed by atoms with van der Waals surface area (Å²) in [7, 11) is 0. The normalized spacial score (nSPS) is 10.5. The third kappa shape index (κ3) is 4.49. The highest BCUT2D eigenvalue weighted by Crippen LogP contribution is 2.22. The van der Waals surface area contributed by atoms with Crippen molar-refractivity contribution in [2.75, 3.05) is 13.1 Å². The summed E-state index contributed by atoms with van der Waals surface area (Å²) in [6.45, 7) is 1.53. The van der Waals surface area contributed by atoms with Gasteiger partial charge in [0, 0.05) is 49.6 Å². The summed E-state index contributed by atoms with van der Waals surface area (Å²) in [6.07, 6.45) is 4.21. The molecule has 0 fully saturated rings. The minimum Gasteiger partial charge on any atom is -0.282 e. The second-order valence-corrected chi connectivity index (χ2v) is 6.45. The number of rotatable bonds is 8. The molecule has 0 aliphatic rings. The van der Waals surface area contributed by atoms with Crippen LogP contribution in [0.25, 0.3) is 17.1 Å². The lowest BCUT2D eigenvalue weighted by molar-refractivity contribution is 0.214. The molecule has 0 radical (unpaired) electrons. The van der Waals surface area contributed by atoms with Crippen LogP contribution in [0.5, 0.6) is 0 Å². The second-order valence-electron chi connectivity index (χ2n) is 6.09. The zero-order chi connectivity index (χ0) is 19.8. The zero-order valence-electron chi connectivity index (χ0n) is 15.3. The average Bonchev–Trinajstić information content (AvgIpc) is 3.07. The molecule has 0 aliphatic carbocycles. The number of aromatic nitrogens is 4. The molecule has 0 N–H and O–H groups in total. The number of para-hydroxylation sites is 1. The highest BCUT2D eigenvalue weighted by atomic mass is 32.1. The van der Waals surface area contributed by atoms with Gasteiger partial charge < -0.3 is 0 Å². The van der Waals surface area contributed by atoms with Crippen LogP contribution in [0.1, 0.15) is 12.8 Å². The molecule has 7 nitrogen and oxygen atoms in total. The van der Waals surface area contributed by atoms with Crippen molar-refractivity contribution in [1.29, 1.82) is 10.5 Å². The first-order chi connectivity index (χ1) is 13.7. The van der Waals surface area contributed by atoms with Crippen LogP contribution in [0, 0.1) is 27.4 Å². The number of nitriles is 2. The SMILES string of the molecule is N#CCCN(CCC#N)Cn1nc(-c2ccncc2)n(-c2ccccc2)c1=S. The van der Waals surface area contributed by atoms with E-state index in [0.717, 1.165) is 17.1 Å². The predicted octanol–water partition coefficient (Wildman–Crippen LogP) is 3.55. The van der Waals surface area contributed by atoms with Gasteiger partial charge in [-0.15, -0.1) is 5.10 Å². The Labute approximate surface area is 168 Å². The molecule has 0 spiro atoms. The summed E-state index contributed by atoms with van der Waals surface area (Å²) in [5, 5.41) is 22.6. The van der Waals surface area contributed by atoms with E-state index in [1.807, 2.05) is 51.9 Å². The minimum atomic E-state index is 0.384. The Balaban J connectivity index is 2.03. The molecule has 140 valence electrons. The van der Waals surface area contributed by atoms with E-state index in [4.69, 9.17) is 27.8 Å². The number of benzene rings is 1. The summed E-state index contributed by atoms with van der Waals surface area (Å²) < 4.78 is 4.22. The van der Waals surface area contributed by atoms with Crippen LogP contribution in [-0.2, 0) is 6.67 Å². The summed E-state index contributed by atoms with van der Waals surface area (Å²) in [5.41, 5.74) is 1.83. The van der Waals surface area contributed by atoms with Gasteiger partial charge in [0.1, 0.15) is 0 Å². The Morgan fingerprint density at radius 1 is 0.964 bits per heavy atom. The van der Waals surface area contributed by atoms with E-state index in [9.17, 15) is 0 Å². The lowest BCUT2D eigenvalue weighted by atomic mass is 10.2. The quantitative estimate of drug-likeness (QED) is 0.548. The molecule has 3 rings (SSSR count). The number of nitrogens with zero attached hydrogens (tertiary/aromatic N) is 7. The molecule has 0 saturated heterocycles. The fraction of sp³-hybridized carbons (Fsp3) is 0.250. The van der Waals surface area contributed by atoms with Crippen LogP contribution in [-0.4, -0.2) is 37.3 Å². The van der Waals surface area contributed by atoms with E-state index < -0.39 is 0 Å². The Morgan fingerprint density at radius 2 is 1.61 bits per heavy atom. The summed E-state index contributed by atoms with van der Waals surface area (Å²) in [5.74, 6) is 0.721. The largest absolute Gasteiger partial charge is 0.282 e. The van der Waals surface area contributed by atoms with Crippen molar-refractivity contribution in [3.8, 4) is 29.2 Å². The van der Waals surface area contributed by atoms with E-state index in [1.165, 1.54) is 0 Å². The van der Waals surface area contributed by atoms with Gasteiger partial charge in [-0.1, -0.05) is 18.2 Å². The molecular weight excluding hydrogens is 370 g/mol. The van der Waals surface area contributed by atoms with Gasteiger partial charge in [0.05, 0.1) is 18.8 Å². The molecule has 0 bridgehead atoms. The van der Waals surface area contributed by atoms with Gasteiger partial charge in [-0.05, 0) is 36.5 Å². The standard InChI is InChI=1S/C20H19N7S/c21-10-4-14-25(15-5-11-22)16-26-20(28)27(18-6-2-1-3-7-18)19(24-26)17-8-12-23-13-9-17/h1-3,6-9,12-13H,4-5,14-16H2. The molecule has 0 unspecified atom stereocenters. The molecule has 2 aromatic heterocycles. The molecule has 0 amide bonds. The van der Waals surface area contributed by atoms with Gasteiger partial charge in [0.25, 0.3) is 0 Å². The maximum absolute atomic E-state index is 8.91. The monoisotopic (exact) mass is 389 g/mol. The van der Waals surface area contributed by atoms with Gasteiger partial charge in [-0.3, -0.25) is 14.5 Å². The van der Waals surface area contributed by atoms with Crippen molar-refractivity contribution in [2.24, 2.45) is 0 Å². The molecular formula is C20H19N7S. The van der Waals surface area contributed by atoms with E-state index in [0.29, 0.717) is 37.4 Å². The van der Waals surface area contributed by atoms with Crippen LogP contribution in [0.2, 0.25) is 0 Å². The van der Waals surface area contributed by atoms with Crippen molar-refractivity contribution < 1.29 is 0 Å². The lowest BCUT2D eigenvalue weighted by Gasteiger charge is -2.19. The van der Waals surface area contributed by atoms with E-state index in [2.05, 4.69) is 17.1 Å². The van der Waals surface area contributed by atoms with Crippen LogP contribution in [0.4, 0.5) is 0 Å². The van der Waals surface area contributed by atoms with Gasteiger partial charge in [-0.2, -0.15) is 10.5 Å². The first kappa shape index (κ1) is 19.4. The topological polar surface area (TPSA) is 86.5 Å². The van der Waals surface area contributed by atoms with E-state index >= 15 is 0 Å². The molecule has 28 heavy (non-hydrogen) atoms. The zero-order valence-corrected chi connectivity index (χ0v) is 16.1. The van der Waals surface area contributed by atoms with Crippen molar-refractivity contribution in [1.82, 2.24) is 24.2 Å². The molecule has 1 aromatic carbocycles. The number of hydrogen-bond acceptors (Lipinski definition) is 6. The highest BCUT2D eigenvalue weighted by molar-refractivity contribution is 7.71. The lowest BCUT2D eigenvalue weighted by Crippen LogP contribution is -2.29. The van der Waals surface area contributed by atoms with Gasteiger partial charge >= 0.3 is 0 Å². The van der Waals surface area contributed by atoms with Gasteiger partial charge in [0.15, 0.2) is 5.82 Å². The molecule has 3 aromatic rings. The van der Waals surface area contributed by atoms with Crippen molar-refractivity contribution >= 4 is 12.2 Å². The fourth-order valence-electron chi connectivity index (χ4n) is 2.86. The van der Waals surface area contributed by atoms with Gasteiger partial charge in [-0.25, -0.2) is 4.68 Å². The number of hydrogen-bond donors (Lipinski definition) is 0. The highest BCUT2D eigenvalue weighted by Gasteiger charge is 2.16. The maximum atomic E-state index is 8.91. The molecule has 0 atom stereocenters.